The van der Waals surface area contributed by atoms with Crippen LogP contribution in [-0.2, 0) is 21.4 Å². The van der Waals surface area contributed by atoms with E-state index in [0.29, 0.717) is 22.5 Å². The number of amides is 1. The van der Waals surface area contributed by atoms with Gasteiger partial charge in [-0.05, 0) is 48.0 Å². The van der Waals surface area contributed by atoms with Crippen LogP contribution in [0.4, 0.5) is 5.69 Å². The van der Waals surface area contributed by atoms with E-state index in [1.165, 1.54) is 24.5 Å². The summed E-state index contributed by atoms with van der Waals surface area (Å²) in [5.41, 5.74) is 2.02. The third-order valence-corrected chi connectivity index (χ3v) is 5.94. The van der Waals surface area contributed by atoms with Crippen molar-refractivity contribution in [3.63, 3.8) is 0 Å². The minimum Gasteiger partial charge on any atom is -0.468 e. The van der Waals surface area contributed by atoms with Crippen LogP contribution in [0.15, 0.2) is 94.6 Å². The molecule has 31 heavy (non-hydrogen) atoms. The lowest BCUT2D eigenvalue weighted by Gasteiger charge is -2.06. The molecule has 0 fully saturated rings. The molecule has 0 atom stereocenters. The van der Waals surface area contributed by atoms with Crippen LogP contribution in [0.5, 0.6) is 0 Å². The van der Waals surface area contributed by atoms with Gasteiger partial charge in [0, 0.05) is 17.7 Å². The number of furan rings is 1. The Labute approximate surface area is 179 Å². The Morgan fingerprint density at radius 3 is 2.58 bits per heavy atom. The molecular weight excluding hydrogens is 414 g/mol. The van der Waals surface area contributed by atoms with E-state index in [9.17, 15) is 13.2 Å². The lowest BCUT2D eigenvalue weighted by molar-refractivity contribution is -0.111. The highest BCUT2D eigenvalue weighted by atomic mass is 32.2. The zero-order valence-corrected chi connectivity index (χ0v) is 17.2. The molecular formula is C23H19N3O4S. The highest BCUT2D eigenvalue weighted by Crippen LogP contribution is 2.20. The van der Waals surface area contributed by atoms with Crippen molar-refractivity contribution in [2.75, 3.05) is 5.32 Å². The number of carbonyl (C=O) groups is 1. The van der Waals surface area contributed by atoms with Crippen LogP contribution in [0, 0.1) is 0 Å². The van der Waals surface area contributed by atoms with E-state index in [0.717, 1.165) is 5.39 Å². The Morgan fingerprint density at radius 1 is 1.00 bits per heavy atom. The molecule has 0 spiro atoms. The molecule has 0 aliphatic rings. The van der Waals surface area contributed by atoms with Gasteiger partial charge >= 0.3 is 0 Å². The van der Waals surface area contributed by atoms with E-state index in [-0.39, 0.29) is 17.3 Å². The van der Waals surface area contributed by atoms with Gasteiger partial charge in [0.15, 0.2) is 0 Å². The highest BCUT2D eigenvalue weighted by molar-refractivity contribution is 7.89. The first-order chi connectivity index (χ1) is 15.0. The van der Waals surface area contributed by atoms with E-state index in [4.69, 9.17) is 4.42 Å². The smallest absolute Gasteiger partial charge is 0.248 e. The van der Waals surface area contributed by atoms with Crippen molar-refractivity contribution >= 4 is 38.6 Å². The first-order valence-corrected chi connectivity index (χ1v) is 10.9. The van der Waals surface area contributed by atoms with Crippen molar-refractivity contribution in [2.45, 2.75) is 11.4 Å². The summed E-state index contributed by atoms with van der Waals surface area (Å²) in [4.78, 5) is 16.7. The summed E-state index contributed by atoms with van der Waals surface area (Å²) >= 11 is 0. The van der Waals surface area contributed by atoms with Crippen molar-refractivity contribution in [2.24, 2.45) is 0 Å². The first kappa shape index (κ1) is 20.5. The molecule has 1 amide bonds. The van der Waals surface area contributed by atoms with Crippen molar-refractivity contribution in [3.8, 4) is 0 Å². The molecule has 2 N–H and O–H groups in total. The number of nitrogens with zero attached hydrogens (tertiary/aromatic N) is 1. The fraction of sp³-hybridized carbons (Fsp3) is 0.0435. The molecule has 0 radical (unpaired) electrons. The molecule has 156 valence electrons. The predicted octanol–water partition coefficient (Wildman–Crippen LogP) is 3.96. The summed E-state index contributed by atoms with van der Waals surface area (Å²) in [6, 6.07) is 18.9. The minimum atomic E-state index is -3.67. The number of pyridine rings is 1. The second kappa shape index (κ2) is 8.95. The molecule has 0 aliphatic heterocycles. The number of benzene rings is 2. The van der Waals surface area contributed by atoms with Gasteiger partial charge in [0.1, 0.15) is 5.76 Å². The topological polar surface area (TPSA) is 101 Å². The van der Waals surface area contributed by atoms with Crippen LogP contribution in [0.3, 0.4) is 0 Å². The van der Waals surface area contributed by atoms with Crippen molar-refractivity contribution in [1.29, 1.82) is 0 Å². The van der Waals surface area contributed by atoms with Crippen LogP contribution in [-0.4, -0.2) is 19.3 Å². The lowest BCUT2D eigenvalue weighted by atomic mass is 10.2. The maximum atomic E-state index is 12.4. The molecule has 8 heteroatoms. The first-order valence-electron chi connectivity index (χ1n) is 9.46. The number of nitrogens with one attached hydrogen (secondary N) is 2. The molecule has 0 saturated heterocycles. The highest BCUT2D eigenvalue weighted by Gasteiger charge is 2.14. The Hall–Kier alpha value is -3.75. The average Bonchev–Trinajstić information content (AvgIpc) is 3.31. The van der Waals surface area contributed by atoms with Crippen molar-refractivity contribution in [3.05, 3.63) is 96.6 Å². The van der Waals surface area contributed by atoms with Crippen molar-refractivity contribution in [1.82, 2.24) is 9.71 Å². The van der Waals surface area contributed by atoms with E-state index in [1.807, 2.05) is 24.3 Å². The normalized spacial score (nSPS) is 11.7. The van der Waals surface area contributed by atoms with Gasteiger partial charge in [0.25, 0.3) is 0 Å². The number of anilines is 1. The Bertz CT molecular complexity index is 1320. The summed E-state index contributed by atoms with van der Waals surface area (Å²) in [5.74, 6) is 0.213. The van der Waals surface area contributed by atoms with Crippen LogP contribution in [0.1, 0.15) is 11.3 Å². The fourth-order valence-electron chi connectivity index (χ4n) is 2.97. The number of sulfonamides is 1. The zero-order chi connectivity index (χ0) is 21.7. The van der Waals surface area contributed by atoms with Gasteiger partial charge in [0.2, 0.25) is 15.9 Å². The van der Waals surface area contributed by atoms with Gasteiger partial charge in [-0.2, -0.15) is 0 Å². The van der Waals surface area contributed by atoms with E-state index >= 15 is 0 Å². The molecule has 7 nitrogen and oxygen atoms in total. The maximum absolute atomic E-state index is 12.4. The van der Waals surface area contributed by atoms with Crippen molar-refractivity contribution < 1.29 is 17.6 Å². The number of hydrogen-bond donors (Lipinski definition) is 2. The fourth-order valence-corrected chi connectivity index (χ4v) is 3.97. The standard InChI is InChI=1S/C23H19N3O4S/c27-22(26-21-7-1-4-18-5-2-14-24-23(18)21)13-10-17-8-11-20(12-9-17)31(28,29)25-16-19-6-3-15-30-19/h1-15,25H,16H2,(H,26,27)/b13-10+. The maximum Gasteiger partial charge on any atom is 0.248 e. The van der Waals surface area contributed by atoms with E-state index < -0.39 is 10.0 Å². The SMILES string of the molecule is O=C(/C=C/c1ccc(S(=O)(=O)NCc2ccco2)cc1)Nc1cccc2cccnc12. The molecule has 0 saturated carbocycles. The lowest BCUT2D eigenvalue weighted by Crippen LogP contribution is -2.22. The number of fused-ring (bicyclic) bond motifs is 1. The third-order valence-electron chi connectivity index (χ3n) is 4.52. The summed E-state index contributed by atoms with van der Waals surface area (Å²) in [6.07, 6.45) is 6.16. The van der Waals surface area contributed by atoms with Crippen LogP contribution >= 0.6 is 0 Å². The average molecular weight is 433 g/mol. The van der Waals surface area contributed by atoms with Gasteiger partial charge in [-0.3, -0.25) is 9.78 Å². The third kappa shape index (κ3) is 5.06. The second-order valence-corrected chi connectivity index (χ2v) is 8.44. The van der Waals surface area contributed by atoms with Crippen LogP contribution in [0.25, 0.3) is 17.0 Å². The zero-order valence-electron chi connectivity index (χ0n) is 16.4. The minimum absolute atomic E-state index is 0.0696. The molecule has 4 rings (SSSR count). The summed E-state index contributed by atoms with van der Waals surface area (Å²) in [5, 5.41) is 3.75. The second-order valence-electron chi connectivity index (χ2n) is 6.68. The molecule has 2 aromatic heterocycles. The number of carbonyl (C=O) groups excluding carboxylic acids is 1. The van der Waals surface area contributed by atoms with Gasteiger partial charge < -0.3 is 9.73 Å². The number of para-hydroxylation sites is 1. The molecule has 2 aromatic carbocycles. The molecule has 0 unspecified atom stereocenters. The summed E-state index contributed by atoms with van der Waals surface area (Å²) in [6.45, 7) is 0.0696. The molecule has 0 bridgehead atoms. The van der Waals surface area contributed by atoms with Crippen LogP contribution in [0.2, 0.25) is 0 Å². The van der Waals surface area contributed by atoms with Gasteiger partial charge in [-0.15, -0.1) is 0 Å². The van der Waals surface area contributed by atoms with Gasteiger partial charge in [0.05, 0.1) is 28.9 Å². The Kier molecular flexibility index (Phi) is 5.92. The summed E-state index contributed by atoms with van der Waals surface area (Å²) in [7, 11) is -3.67. The summed E-state index contributed by atoms with van der Waals surface area (Å²) < 4.78 is 32.4. The van der Waals surface area contributed by atoms with Gasteiger partial charge in [-0.25, -0.2) is 13.1 Å². The Balaban J connectivity index is 1.40. The van der Waals surface area contributed by atoms with E-state index in [2.05, 4.69) is 15.0 Å². The largest absolute Gasteiger partial charge is 0.468 e. The molecule has 4 aromatic rings. The Morgan fingerprint density at radius 2 is 1.81 bits per heavy atom. The van der Waals surface area contributed by atoms with E-state index in [1.54, 1.807) is 42.6 Å². The quantitative estimate of drug-likeness (QED) is 0.430. The number of aromatic nitrogens is 1. The predicted molar refractivity (Wildman–Crippen MR) is 119 cm³/mol. The van der Waals surface area contributed by atoms with Gasteiger partial charge in [-0.1, -0.05) is 30.3 Å². The monoisotopic (exact) mass is 433 g/mol. The molecule has 0 aliphatic carbocycles. The number of hydrogen-bond acceptors (Lipinski definition) is 5. The molecule has 2 heterocycles. The van der Waals surface area contributed by atoms with Crippen LogP contribution < -0.4 is 10.0 Å². The number of rotatable bonds is 7.